The van der Waals surface area contributed by atoms with Gasteiger partial charge in [-0.05, 0) is 67.3 Å². The SMILES string of the molecule is CCCCCCCCCCCCCCc1ccc(N=Cc2ccc(OCC)cc2)cc1. The van der Waals surface area contributed by atoms with Crippen LogP contribution < -0.4 is 4.74 Å². The number of rotatable bonds is 17. The summed E-state index contributed by atoms with van der Waals surface area (Å²) in [4.78, 5) is 4.59. The van der Waals surface area contributed by atoms with Crippen LogP contribution in [0.25, 0.3) is 0 Å². The van der Waals surface area contributed by atoms with Crippen molar-refractivity contribution >= 4 is 11.9 Å². The maximum atomic E-state index is 5.48. The van der Waals surface area contributed by atoms with Crippen molar-refractivity contribution in [1.29, 1.82) is 0 Å². The smallest absolute Gasteiger partial charge is 0.119 e. The van der Waals surface area contributed by atoms with E-state index < -0.39 is 0 Å². The third-order valence-corrected chi connectivity index (χ3v) is 5.81. The van der Waals surface area contributed by atoms with Gasteiger partial charge < -0.3 is 4.74 Å². The molecule has 0 saturated carbocycles. The molecule has 0 fully saturated rings. The summed E-state index contributed by atoms with van der Waals surface area (Å²) in [7, 11) is 0. The highest BCUT2D eigenvalue weighted by atomic mass is 16.5. The maximum absolute atomic E-state index is 5.48. The lowest BCUT2D eigenvalue weighted by molar-refractivity contribution is 0.340. The summed E-state index contributed by atoms with van der Waals surface area (Å²) in [5.41, 5.74) is 3.52. The van der Waals surface area contributed by atoms with Crippen molar-refractivity contribution in [2.45, 2.75) is 97.3 Å². The maximum Gasteiger partial charge on any atom is 0.119 e. The van der Waals surface area contributed by atoms with Crippen LogP contribution in [-0.2, 0) is 6.42 Å². The molecule has 0 aliphatic carbocycles. The number of aryl methyl sites for hydroxylation is 1. The molecule has 0 atom stereocenters. The number of unbranched alkanes of at least 4 members (excludes halogenated alkanes) is 11. The van der Waals surface area contributed by atoms with Crippen LogP contribution in [0.2, 0.25) is 0 Å². The summed E-state index contributed by atoms with van der Waals surface area (Å²) in [6.45, 7) is 4.98. The van der Waals surface area contributed by atoms with Crippen LogP contribution >= 0.6 is 0 Å². The highest BCUT2D eigenvalue weighted by molar-refractivity contribution is 5.82. The van der Waals surface area contributed by atoms with E-state index in [2.05, 4.69) is 36.2 Å². The first kappa shape index (κ1) is 25.2. The number of ether oxygens (including phenoxy) is 1. The summed E-state index contributed by atoms with van der Waals surface area (Å²) in [6.07, 6.45) is 19.9. The Hall–Kier alpha value is -2.09. The molecule has 170 valence electrons. The molecule has 0 radical (unpaired) electrons. The van der Waals surface area contributed by atoms with Crippen molar-refractivity contribution in [3.63, 3.8) is 0 Å². The molecule has 0 unspecified atom stereocenters. The van der Waals surface area contributed by atoms with Crippen LogP contribution in [0.5, 0.6) is 5.75 Å². The fourth-order valence-corrected chi connectivity index (χ4v) is 3.88. The molecule has 0 aliphatic heterocycles. The second-order valence-electron chi connectivity index (χ2n) is 8.57. The molecule has 2 rings (SSSR count). The number of aliphatic imine (C=N–C) groups is 1. The first-order valence-corrected chi connectivity index (χ1v) is 12.7. The third kappa shape index (κ3) is 11.8. The van der Waals surface area contributed by atoms with E-state index in [1.807, 2.05) is 37.4 Å². The fraction of sp³-hybridized carbons (Fsp3) is 0.552. The van der Waals surface area contributed by atoms with Gasteiger partial charge in [-0.2, -0.15) is 0 Å². The quantitative estimate of drug-likeness (QED) is 0.184. The minimum Gasteiger partial charge on any atom is -0.494 e. The Morgan fingerprint density at radius 2 is 1.19 bits per heavy atom. The van der Waals surface area contributed by atoms with Crippen LogP contribution in [-0.4, -0.2) is 12.8 Å². The van der Waals surface area contributed by atoms with Crippen molar-refractivity contribution in [2.24, 2.45) is 4.99 Å². The Bertz CT molecular complexity index is 703. The molecule has 0 amide bonds. The van der Waals surface area contributed by atoms with Gasteiger partial charge in [-0.25, -0.2) is 0 Å². The van der Waals surface area contributed by atoms with Gasteiger partial charge in [-0.15, -0.1) is 0 Å². The van der Waals surface area contributed by atoms with E-state index in [0.29, 0.717) is 6.61 Å². The van der Waals surface area contributed by atoms with Crippen LogP contribution in [0.4, 0.5) is 5.69 Å². The lowest BCUT2D eigenvalue weighted by Crippen LogP contribution is -1.91. The summed E-state index contributed by atoms with van der Waals surface area (Å²) >= 11 is 0. The van der Waals surface area contributed by atoms with E-state index >= 15 is 0 Å². The van der Waals surface area contributed by atoms with Crippen molar-refractivity contribution in [2.75, 3.05) is 6.61 Å². The third-order valence-electron chi connectivity index (χ3n) is 5.81. The molecule has 0 aromatic heterocycles. The van der Waals surface area contributed by atoms with Crippen LogP contribution in [0.15, 0.2) is 53.5 Å². The Morgan fingerprint density at radius 3 is 1.74 bits per heavy atom. The standard InChI is InChI=1S/C29H43NO/c1-3-5-6-7-8-9-10-11-12-13-14-15-16-26-17-21-28(22-18-26)30-25-27-19-23-29(24-20-27)31-4-2/h17-25H,3-16H2,1-2H3. The molecular formula is C29H43NO. The van der Waals surface area contributed by atoms with E-state index in [9.17, 15) is 0 Å². The minimum absolute atomic E-state index is 0.693. The van der Waals surface area contributed by atoms with E-state index in [4.69, 9.17) is 4.74 Å². The minimum atomic E-state index is 0.693. The van der Waals surface area contributed by atoms with Gasteiger partial charge in [0.1, 0.15) is 5.75 Å². The Morgan fingerprint density at radius 1 is 0.645 bits per heavy atom. The number of hydrogen-bond donors (Lipinski definition) is 0. The molecule has 2 nitrogen and oxygen atoms in total. The van der Waals surface area contributed by atoms with Crippen molar-refractivity contribution in [1.82, 2.24) is 0 Å². The predicted molar refractivity (Wildman–Crippen MR) is 136 cm³/mol. The van der Waals surface area contributed by atoms with E-state index in [1.165, 1.54) is 89.0 Å². The Labute approximate surface area is 191 Å². The molecule has 0 bridgehead atoms. The van der Waals surface area contributed by atoms with Crippen molar-refractivity contribution in [3.8, 4) is 5.75 Å². The number of benzene rings is 2. The molecule has 0 aliphatic rings. The second-order valence-corrected chi connectivity index (χ2v) is 8.57. The average molecular weight is 422 g/mol. The monoisotopic (exact) mass is 421 g/mol. The van der Waals surface area contributed by atoms with Gasteiger partial charge in [0.05, 0.1) is 12.3 Å². The topological polar surface area (TPSA) is 21.6 Å². The Kier molecular flexibility index (Phi) is 13.5. The molecule has 2 heteroatoms. The van der Waals surface area contributed by atoms with Gasteiger partial charge in [0.15, 0.2) is 0 Å². The lowest BCUT2D eigenvalue weighted by atomic mass is 10.0. The molecule has 2 aromatic carbocycles. The number of hydrogen-bond acceptors (Lipinski definition) is 2. The van der Waals surface area contributed by atoms with Crippen LogP contribution in [0.1, 0.15) is 102 Å². The molecule has 31 heavy (non-hydrogen) atoms. The largest absolute Gasteiger partial charge is 0.494 e. The molecule has 0 N–H and O–H groups in total. The number of nitrogens with zero attached hydrogens (tertiary/aromatic N) is 1. The van der Waals surface area contributed by atoms with E-state index in [0.717, 1.165) is 17.0 Å². The zero-order valence-corrected chi connectivity index (χ0v) is 20.0. The first-order valence-electron chi connectivity index (χ1n) is 12.7. The molecule has 0 spiro atoms. The molecular weight excluding hydrogens is 378 g/mol. The van der Waals surface area contributed by atoms with Crippen molar-refractivity contribution < 1.29 is 4.74 Å². The van der Waals surface area contributed by atoms with Crippen LogP contribution in [0.3, 0.4) is 0 Å². The van der Waals surface area contributed by atoms with E-state index in [-0.39, 0.29) is 0 Å². The highest BCUT2D eigenvalue weighted by Gasteiger charge is 1.97. The molecule has 0 heterocycles. The Balaban J connectivity index is 1.54. The van der Waals surface area contributed by atoms with Crippen molar-refractivity contribution in [3.05, 3.63) is 59.7 Å². The molecule has 2 aromatic rings. The fourth-order valence-electron chi connectivity index (χ4n) is 3.88. The zero-order valence-electron chi connectivity index (χ0n) is 20.0. The van der Waals surface area contributed by atoms with Gasteiger partial charge in [0.25, 0.3) is 0 Å². The lowest BCUT2D eigenvalue weighted by Gasteiger charge is -2.04. The summed E-state index contributed by atoms with van der Waals surface area (Å²) in [5.74, 6) is 0.904. The average Bonchev–Trinajstić information content (AvgIpc) is 2.80. The van der Waals surface area contributed by atoms with Crippen LogP contribution in [0, 0.1) is 0 Å². The van der Waals surface area contributed by atoms with Gasteiger partial charge >= 0.3 is 0 Å². The second kappa shape index (κ2) is 16.6. The highest BCUT2D eigenvalue weighted by Crippen LogP contribution is 2.17. The predicted octanol–water partition coefficient (Wildman–Crippen LogP) is 9.08. The van der Waals surface area contributed by atoms with Gasteiger partial charge in [-0.3, -0.25) is 4.99 Å². The van der Waals surface area contributed by atoms with E-state index in [1.54, 1.807) is 0 Å². The summed E-state index contributed by atoms with van der Waals surface area (Å²) in [6, 6.07) is 16.8. The normalized spacial score (nSPS) is 11.3. The zero-order chi connectivity index (χ0) is 22.0. The summed E-state index contributed by atoms with van der Waals surface area (Å²) < 4.78 is 5.48. The van der Waals surface area contributed by atoms with Gasteiger partial charge in [-0.1, -0.05) is 89.7 Å². The van der Waals surface area contributed by atoms with Gasteiger partial charge in [0.2, 0.25) is 0 Å². The molecule has 0 saturated heterocycles. The van der Waals surface area contributed by atoms with Gasteiger partial charge in [0, 0.05) is 6.21 Å². The first-order chi connectivity index (χ1) is 15.3. The summed E-state index contributed by atoms with van der Waals surface area (Å²) in [5, 5.41) is 0.